The van der Waals surface area contributed by atoms with Crippen molar-refractivity contribution in [2.75, 3.05) is 6.54 Å². The van der Waals surface area contributed by atoms with Crippen LogP contribution in [0, 0.1) is 0 Å². The highest BCUT2D eigenvalue weighted by molar-refractivity contribution is 7.05. The zero-order chi connectivity index (χ0) is 14.5. The minimum absolute atomic E-state index is 0.205. The first-order valence-corrected chi connectivity index (χ1v) is 8.09. The monoisotopic (exact) mass is 289 g/mol. The quantitative estimate of drug-likeness (QED) is 0.875. The summed E-state index contributed by atoms with van der Waals surface area (Å²) in [7, 11) is 0. The van der Waals surface area contributed by atoms with E-state index in [1.165, 1.54) is 27.5 Å². The van der Waals surface area contributed by atoms with Crippen LogP contribution in [0.3, 0.4) is 0 Å². The smallest absolute Gasteiger partial charge is 0.0804 e. The molecule has 1 unspecified atom stereocenters. The average molecular weight is 289 g/mol. The van der Waals surface area contributed by atoms with Gasteiger partial charge >= 0.3 is 0 Å². The average Bonchev–Trinajstić information content (AvgIpc) is 2.93. The van der Waals surface area contributed by atoms with E-state index in [1.807, 2.05) is 0 Å². The molecule has 0 spiro atoms. The van der Waals surface area contributed by atoms with E-state index in [9.17, 15) is 0 Å². The lowest BCUT2D eigenvalue weighted by Gasteiger charge is -2.18. The summed E-state index contributed by atoms with van der Waals surface area (Å²) in [6.07, 6.45) is 0.928. The normalized spacial score (nSPS) is 12.8. The molecular formula is C16H23N3S. The van der Waals surface area contributed by atoms with E-state index < -0.39 is 0 Å². The zero-order valence-electron chi connectivity index (χ0n) is 12.7. The van der Waals surface area contributed by atoms with Crippen LogP contribution in [0.2, 0.25) is 0 Å². The Morgan fingerprint density at radius 1 is 1.10 bits per heavy atom. The molecule has 20 heavy (non-hydrogen) atoms. The van der Waals surface area contributed by atoms with Crippen LogP contribution in [0.4, 0.5) is 0 Å². The Bertz CT molecular complexity index is 531. The molecule has 0 bridgehead atoms. The second-order valence-corrected chi connectivity index (χ2v) is 6.04. The topological polar surface area (TPSA) is 37.8 Å². The second kappa shape index (κ2) is 6.95. The first-order chi connectivity index (χ1) is 9.67. The van der Waals surface area contributed by atoms with Crippen LogP contribution in [-0.2, 0) is 6.42 Å². The van der Waals surface area contributed by atoms with Crippen molar-refractivity contribution >= 4 is 11.5 Å². The Balaban J connectivity index is 2.33. The molecule has 0 radical (unpaired) electrons. The molecule has 1 heterocycles. The maximum atomic E-state index is 4.24. The number of hydrogen-bond acceptors (Lipinski definition) is 4. The van der Waals surface area contributed by atoms with Crippen LogP contribution >= 0.6 is 11.5 Å². The van der Waals surface area contributed by atoms with Crippen molar-refractivity contribution in [3.8, 4) is 0 Å². The number of aromatic nitrogens is 2. The maximum absolute atomic E-state index is 4.24. The molecule has 0 aliphatic heterocycles. The van der Waals surface area contributed by atoms with Crippen LogP contribution in [0.1, 0.15) is 61.4 Å². The van der Waals surface area contributed by atoms with E-state index in [1.54, 1.807) is 0 Å². The van der Waals surface area contributed by atoms with Gasteiger partial charge in [-0.25, -0.2) is 0 Å². The van der Waals surface area contributed by atoms with Crippen molar-refractivity contribution in [2.24, 2.45) is 0 Å². The Labute approximate surface area is 125 Å². The standard InChI is InChI=1S/C16H23N3S/c1-5-14-16(20-19-18-14)15(17-6-2)13-9-7-12(8-10-13)11(3)4/h7-11,15,17H,5-6H2,1-4H3. The van der Waals surface area contributed by atoms with Crippen molar-refractivity contribution in [1.29, 1.82) is 0 Å². The van der Waals surface area contributed by atoms with Gasteiger partial charge in [0.15, 0.2) is 0 Å². The second-order valence-electron chi connectivity index (χ2n) is 5.25. The SMILES string of the molecule is CCNC(c1ccc(C(C)C)cc1)c1snnc1CC. The van der Waals surface area contributed by atoms with Gasteiger partial charge in [-0.3, -0.25) is 0 Å². The molecule has 0 saturated carbocycles. The molecule has 0 amide bonds. The molecule has 3 nitrogen and oxygen atoms in total. The van der Waals surface area contributed by atoms with E-state index in [0.717, 1.165) is 18.7 Å². The molecule has 0 aliphatic rings. The van der Waals surface area contributed by atoms with Gasteiger partial charge in [0.2, 0.25) is 0 Å². The van der Waals surface area contributed by atoms with Crippen LogP contribution in [0.15, 0.2) is 24.3 Å². The molecule has 1 aromatic heterocycles. The molecule has 108 valence electrons. The fourth-order valence-electron chi connectivity index (χ4n) is 2.32. The minimum Gasteiger partial charge on any atom is -0.306 e. The van der Waals surface area contributed by atoms with Gasteiger partial charge in [0, 0.05) is 0 Å². The molecule has 0 saturated heterocycles. The Morgan fingerprint density at radius 2 is 1.75 bits per heavy atom. The first-order valence-electron chi connectivity index (χ1n) is 7.31. The van der Waals surface area contributed by atoms with Crippen molar-refractivity contribution in [3.63, 3.8) is 0 Å². The summed E-state index contributed by atoms with van der Waals surface area (Å²) < 4.78 is 4.12. The van der Waals surface area contributed by atoms with Crippen molar-refractivity contribution in [3.05, 3.63) is 46.0 Å². The third-order valence-corrected chi connectivity index (χ3v) is 4.36. The predicted octanol–water partition coefficient (Wildman–Crippen LogP) is 3.92. The third-order valence-electron chi connectivity index (χ3n) is 3.53. The Kier molecular flexibility index (Phi) is 5.26. The van der Waals surface area contributed by atoms with Crippen LogP contribution < -0.4 is 5.32 Å². The number of benzene rings is 1. The molecule has 4 heteroatoms. The van der Waals surface area contributed by atoms with Crippen LogP contribution in [0.5, 0.6) is 0 Å². The van der Waals surface area contributed by atoms with Gasteiger partial charge in [0.05, 0.1) is 16.6 Å². The summed E-state index contributed by atoms with van der Waals surface area (Å²) in [6, 6.07) is 9.11. The van der Waals surface area contributed by atoms with E-state index in [-0.39, 0.29) is 6.04 Å². The van der Waals surface area contributed by atoms with Crippen LogP contribution in [-0.4, -0.2) is 16.1 Å². The van der Waals surface area contributed by atoms with Gasteiger partial charge in [-0.15, -0.1) is 5.10 Å². The van der Waals surface area contributed by atoms with Gasteiger partial charge in [0.1, 0.15) is 0 Å². The third kappa shape index (κ3) is 3.25. The Morgan fingerprint density at radius 3 is 2.30 bits per heavy atom. The lowest BCUT2D eigenvalue weighted by molar-refractivity contribution is 0.632. The molecule has 2 rings (SSSR count). The lowest BCUT2D eigenvalue weighted by atomic mass is 9.97. The van der Waals surface area contributed by atoms with Crippen molar-refractivity contribution in [1.82, 2.24) is 14.9 Å². The summed E-state index contributed by atoms with van der Waals surface area (Å²) in [5.74, 6) is 0.568. The molecule has 1 atom stereocenters. The van der Waals surface area contributed by atoms with Gasteiger partial charge in [0.25, 0.3) is 0 Å². The van der Waals surface area contributed by atoms with E-state index in [2.05, 4.69) is 66.9 Å². The van der Waals surface area contributed by atoms with Crippen LogP contribution in [0.25, 0.3) is 0 Å². The molecule has 1 N–H and O–H groups in total. The molecule has 0 fully saturated rings. The van der Waals surface area contributed by atoms with Crippen molar-refractivity contribution < 1.29 is 0 Å². The maximum Gasteiger partial charge on any atom is 0.0804 e. The number of nitrogens with zero attached hydrogens (tertiary/aromatic N) is 2. The predicted molar refractivity (Wildman–Crippen MR) is 85.3 cm³/mol. The van der Waals surface area contributed by atoms with Gasteiger partial charge < -0.3 is 5.32 Å². The van der Waals surface area contributed by atoms with Gasteiger partial charge in [-0.05, 0) is 41.5 Å². The van der Waals surface area contributed by atoms with Gasteiger partial charge in [-0.2, -0.15) is 0 Å². The van der Waals surface area contributed by atoms with E-state index >= 15 is 0 Å². The number of aryl methyl sites for hydroxylation is 1. The lowest BCUT2D eigenvalue weighted by Crippen LogP contribution is -2.22. The van der Waals surface area contributed by atoms with E-state index in [4.69, 9.17) is 0 Å². The molecule has 2 aromatic rings. The fraction of sp³-hybridized carbons (Fsp3) is 0.500. The number of hydrogen-bond donors (Lipinski definition) is 1. The summed E-state index contributed by atoms with van der Waals surface area (Å²) in [5, 5.41) is 7.79. The highest BCUT2D eigenvalue weighted by Gasteiger charge is 2.19. The number of rotatable bonds is 6. The van der Waals surface area contributed by atoms with Crippen molar-refractivity contribution in [2.45, 2.75) is 46.1 Å². The zero-order valence-corrected chi connectivity index (χ0v) is 13.5. The fourth-order valence-corrected chi connectivity index (χ4v) is 3.16. The highest BCUT2D eigenvalue weighted by atomic mass is 32.1. The molecule has 1 aromatic carbocycles. The summed E-state index contributed by atoms with van der Waals surface area (Å²) in [6.45, 7) is 9.64. The Hall–Kier alpha value is -1.26. The molecular weight excluding hydrogens is 266 g/mol. The minimum atomic E-state index is 0.205. The van der Waals surface area contributed by atoms with E-state index in [0.29, 0.717) is 5.92 Å². The summed E-state index contributed by atoms with van der Waals surface area (Å²) in [4.78, 5) is 1.24. The van der Waals surface area contributed by atoms with Gasteiger partial charge in [-0.1, -0.05) is 56.4 Å². The highest BCUT2D eigenvalue weighted by Crippen LogP contribution is 2.28. The largest absolute Gasteiger partial charge is 0.306 e. The summed E-state index contributed by atoms with van der Waals surface area (Å²) >= 11 is 1.50. The first kappa shape index (κ1) is 15.1. The molecule has 0 aliphatic carbocycles. The number of nitrogens with one attached hydrogen (secondary N) is 1. The summed E-state index contributed by atoms with van der Waals surface area (Å²) in [5.41, 5.74) is 3.77.